The van der Waals surface area contributed by atoms with Gasteiger partial charge in [-0.15, -0.1) is 0 Å². The second-order valence-electron chi connectivity index (χ2n) is 9.72. The van der Waals surface area contributed by atoms with Crippen LogP contribution in [0.1, 0.15) is 42.5 Å². The number of carbonyl (C=O) groups excluding carboxylic acids is 3. The molecule has 40 heavy (non-hydrogen) atoms. The number of ether oxygens (including phenoxy) is 1. The highest BCUT2D eigenvalue weighted by Gasteiger charge is 2.29. The predicted octanol–water partition coefficient (Wildman–Crippen LogP) is 3.37. The van der Waals surface area contributed by atoms with E-state index in [1.807, 2.05) is 85.8 Å². The van der Waals surface area contributed by atoms with Gasteiger partial charge in [-0.05, 0) is 41.3 Å². The Kier molecular flexibility index (Phi) is 11.7. The van der Waals surface area contributed by atoms with Crippen molar-refractivity contribution < 1.29 is 19.1 Å². The molecular formula is C32H40N4O4. The highest BCUT2D eigenvalue weighted by Crippen LogP contribution is 2.15. The summed E-state index contributed by atoms with van der Waals surface area (Å²) in [4.78, 5) is 41.2. The minimum Gasteiger partial charge on any atom is -0.494 e. The van der Waals surface area contributed by atoms with Crippen molar-refractivity contribution >= 4 is 17.7 Å². The lowest BCUT2D eigenvalue weighted by Gasteiger charge is -2.27. The fraction of sp³-hybridized carbons (Fsp3) is 0.344. The second-order valence-corrected chi connectivity index (χ2v) is 9.72. The first-order chi connectivity index (χ1) is 19.3. The number of hydrogen-bond acceptors (Lipinski definition) is 5. The first-order valence-corrected chi connectivity index (χ1v) is 13.7. The highest BCUT2D eigenvalue weighted by atomic mass is 16.5. The third-order valence-corrected chi connectivity index (χ3v) is 6.60. The van der Waals surface area contributed by atoms with Crippen LogP contribution in [0, 0.1) is 0 Å². The number of nitrogens with zero attached hydrogens (tertiary/aromatic N) is 1. The quantitative estimate of drug-likeness (QED) is 0.288. The summed E-state index contributed by atoms with van der Waals surface area (Å²) in [5.41, 5.74) is 9.46. The molecule has 3 aromatic carbocycles. The fourth-order valence-electron chi connectivity index (χ4n) is 4.35. The van der Waals surface area contributed by atoms with Crippen molar-refractivity contribution in [2.75, 3.05) is 13.7 Å². The average molecular weight is 545 g/mol. The SMILES string of the molecule is CCOc1ccc(CC(NC(=O)CC)C(=O)NC(Cc2ccccc2)C(=O)N(C)Cc2ccc(CN)cc2)cc1. The van der Waals surface area contributed by atoms with E-state index in [4.69, 9.17) is 10.5 Å². The van der Waals surface area contributed by atoms with E-state index >= 15 is 0 Å². The maximum absolute atomic E-state index is 13.7. The minimum atomic E-state index is -0.842. The van der Waals surface area contributed by atoms with Gasteiger partial charge in [0.2, 0.25) is 17.7 Å². The van der Waals surface area contributed by atoms with Crippen LogP contribution in [0.15, 0.2) is 78.9 Å². The Labute approximate surface area is 236 Å². The van der Waals surface area contributed by atoms with Gasteiger partial charge in [-0.25, -0.2) is 0 Å². The van der Waals surface area contributed by atoms with Crippen molar-refractivity contribution in [1.29, 1.82) is 0 Å². The first-order valence-electron chi connectivity index (χ1n) is 13.7. The Morgan fingerprint density at radius 2 is 1.35 bits per heavy atom. The van der Waals surface area contributed by atoms with E-state index in [1.165, 1.54) is 0 Å². The molecule has 8 heteroatoms. The van der Waals surface area contributed by atoms with Crippen molar-refractivity contribution in [3.05, 3.63) is 101 Å². The average Bonchev–Trinajstić information content (AvgIpc) is 2.98. The Morgan fingerprint density at radius 3 is 1.95 bits per heavy atom. The number of nitrogens with one attached hydrogen (secondary N) is 2. The molecule has 4 N–H and O–H groups in total. The van der Waals surface area contributed by atoms with Crippen LogP contribution in [0.25, 0.3) is 0 Å². The van der Waals surface area contributed by atoms with Crippen LogP contribution >= 0.6 is 0 Å². The van der Waals surface area contributed by atoms with Crippen LogP contribution in [0.4, 0.5) is 0 Å². The number of nitrogens with two attached hydrogens (primary N) is 1. The molecule has 0 fully saturated rings. The lowest BCUT2D eigenvalue weighted by molar-refractivity contribution is -0.136. The Balaban J connectivity index is 1.79. The molecule has 3 rings (SSSR count). The van der Waals surface area contributed by atoms with Crippen LogP contribution in [0.3, 0.4) is 0 Å². The summed E-state index contributed by atoms with van der Waals surface area (Å²) in [6.07, 6.45) is 0.837. The van der Waals surface area contributed by atoms with Gasteiger partial charge in [-0.2, -0.15) is 0 Å². The summed E-state index contributed by atoms with van der Waals surface area (Å²) in [6.45, 7) is 5.04. The Morgan fingerprint density at radius 1 is 0.775 bits per heavy atom. The molecule has 2 unspecified atom stereocenters. The van der Waals surface area contributed by atoms with E-state index in [1.54, 1.807) is 18.9 Å². The van der Waals surface area contributed by atoms with E-state index in [2.05, 4.69) is 10.6 Å². The van der Waals surface area contributed by atoms with Crippen molar-refractivity contribution in [2.45, 2.75) is 58.3 Å². The lowest BCUT2D eigenvalue weighted by atomic mass is 10.0. The van der Waals surface area contributed by atoms with Crippen LogP contribution in [-0.4, -0.2) is 48.4 Å². The molecule has 0 bridgehead atoms. The molecule has 0 aliphatic carbocycles. The topological polar surface area (TPSA) is 114 Å². The van der Waals surface area contributed by atoms with Gasteiger partial charge in [0.05, 0.1) is 6.61 Å². The molecule has 0 aliphatic rings. The number of amides is 3. The van der Waals surface area contributed by atoms with E-state index in [0.29, 0.717) is 26.1 Å². The zero-order valence-electron chi connectivity index (χ0n) is 23.6. The predicted molar refractivity (Wildman–Crippen MR) is 156 cm³/mol. The highest BCUT2D eigenvalue weighted by molar-refractivity contribution is 5.92. The molecule has 0 aliphatic heterocycles. The molecule has 2 atom stereocenters. The summed E-state index contributed by atoms with van der Waals surface area (Å²) in [6, 6.07) is 23.1. The summed E-state index contributed by atoms with van der Waals surface area (Å²) in [5, 5.41) is 5.77. The van der Waals surface area contributed by atoms with Crippen molar-refractivity contribution in [3.63, 3.8) is 0 Å². The van der Waals surface area contributed by atoms with E-state index in [9.17, 15) is 14.4 Å². The number of hydrogen-bond donors (Lipinski definition) is 3. The third-order valence-electron chi connectivity index (χ3n) is 6.60. The number of benzene rings is 3. The van der Waals surface area contributed by atoms with E-state index < -0.39 is 18.0 Å². The summed E-state index contributed by atoms with van der Waals surface area (Å²) in [7, 11) is 1.72. The molecule has 0 heterocycles. The Hall–Kier alpha value is -4.17. The van der Waals surface area contributed by atoms with Gasteiger partial charge in [0, 0.05) is 39.4 Å². The monoisotopic (exact) mass is 544 g/mol. The molecule has 0 spiro atoms. The largest absolute Gasteiger partial charge is 0.494 e. The van der Waals surface area contributed by atoms with Crippen molar-refractivity contribution in [3.8, 4) is 5.75 Å². The summed E-state index contributed by atoms with van der Waals surface area (Å²) in [5.74, 6) is -0.137. The van der Waals surface area contributed by atoms with E-state index in [-0.39, 0.29) is 24.7 Å². The van der Waals surface area contributed by atoms with Gasteiger partial charge in [-0.1, -0.05) is 73.7 Å². The van der Waals surface area contributed by atoms with Gasteiger partial charge >= 0.3 is 0 Å². The van der Waals surface area contributed by atoms with Crippen LogP contribution < -0.4 is 21.1 Å². The molecular weight excluding hydrogens is 504 g/mol. The molecule has 0 radical (unpaired) electrons. The van der Waals surface area contributed by atoms with Crippen LogP contribution in [0.2, 0.25) is 0 Å². The van der Waals surface area contributed by atoms with Gasteiger partial charge in [0.25, 0.3) is 0 Å². The van der Waals surface area contributed by atoms with Crippen LogP contribution in [-0.2, 0) is 40.3 Å². The van der Waals surface area contributed by atoms with E-state index in [0.717, 1.165) is 28.0 Å². The summed E-state index contributed by atoms with van der Waals surface area (Å²) >= 11 is 0. The Bertz CT molecular complexity index is 1230. The van der Waals surface area contributed by atoms with Gasteiger partial charge < -0.3 is 26.0 Å². The van der Waals surface area contributed by atoms with Crippen LogP contribution in [0.5, 0.6) is 5.75 Å². The van der Waals surface area contributed by atoms with Gasteiger partial charge in [0.15, 0.2) is 0 Å². The van der Waals surface area contributed by atoms with Crippen molar-refractivity contribution in [2.24, 2.45) is 5.73 Å². The first kappa shape index (κ1) is 30.4. The number of rotatable bonds is 14. The normalized spacial score (nSPS) is 12.2. The molecule has 0 saturated carbocycles. The molecule has 212 valence electrons. The number of likely N-dealkylation sites (N-methyl/N-ethyl adjacent to an activating group) is 1. The molecule has 0 aromatic heterocycles. The standard InChI is InChI=1S/C32H40N4O4/c1-4-30(37)34-28(19-24-15-17-27(18-16-24)40-5-2)31(38)35-29(20-23-9-7-6-8-10-23)32(39)36(3)22-26-13-11-25(21-33)12-14-26/h6-18,28-29H,4-5,19-22,33H2,1-3H3,(H,34,37)(H,35,38). The maximum atomic E-state index is 13.7. The fourth-order valence-corrected chi connectivity index (χ4v) is 4.35. The number of carbonyl (C=O) groups is 3. The third kappa shape index (κ3) is 9.24. The zero-order chi connectivity index (χ0) is 28.9. The van der Waals surface area contributed by atoms with Crippen molar-refractivity contribution in [1.82, 2.24) is 15.5 Å². The maximum Gasteiger partial charge on any atom is 0.245 e. The second kappa shape index (κ2) is 15.4. The van der Waals surface area contributed by atoms with Gasteiger partial charge in [-0.3, -0.25) is 14.4 Å². The molecule has 3 amide bonds. The summed E-state index contributed by atoms with van der Waals surface area (Å²) < 4.78 is 5.51. The van der Waals surface area contributed by atoms with Gasteiger partial charge in [0.1, 0.15) is 17.8 Å². The lowest BCUT2D eigenvalue weighted by Crippen LogP contribution is -2.55. The minimum absolute atomic E-state index is 0.221. The molecule has 0 saturated heterocycles. The molecule has 8 nitrogen and oxygen atoms in total. The molecule has 3 aromatic rings. The smallest absolute Gasteiger partial charge is 0.245 e. The zero-order valence-corrected chi connectivity index (χ0v) is 23.6.